The van der Waals surface area contributed by atoms with Crippen molar-refractivity contribution in [2.75, 3.05) is 0 Å². The van der Waals surface area contributed by atoms with E-state index in [9.17, 15) is 56.8 Å². The van der Waals surface area contributed by atoms with Crippen LogP contribution in [0.3, 0.4) is 0 Å². The van der Waals surface area contributed by atoms with Crippen LogP contribution in [0.4, 0.5) is 0 Å². The molecule has 0 N–H and O–H groups in total. The van der Waals surface area contributed by atoms with Gasteiger partial charge in [0, 0.05) is 0 Å². The normalized spacial score (nSPS) is 17.0. The van der Waals surface area contributed by atoms with Gasteiger partial charge in [0.25, 0.3) is 0 Å². The van der Waals surface area contributed by atoms with Gasteiger partial charge in [-0.2, -0.15) is 0 Å². The van der Waals surface area contributed by atoms with Crippen LogP contribution in [0.5, 0.6) is 0 Å². The van der Waals surface area contributed by atoms with Crippen LogP contribution in [0.25, 0.3) is 0 Å². The van der Waals surface area contributed by atoms with E-state index in [0.29, 0.717) is 0 Å². The number of hydrogen-bond acceptors (Lipinski definition) is 15. The van der Waals surface area contributed by atoms with Crippen molar-refractivity contribution in [2.45, 2.75) is 0 Å². The summed E-state index contributed by atoms with van der Waals surface area (Å²) in [5.74, 6) is 0. The molecular weight excluding hydrogens is 572 g/mol. The SMILES string of the molecule is O=[PH]([O-])O[PH](=O)[O-].O=[PH]([O-])O[PH](=O)[O-].O=[PH]([O-])O[PH](=O)[O-].[Mn+2].[Zr+4]. The van der Waals surface area contributed by atoms with Gasteiger partial charge in [-0.3, -0.25) is 12.9 Å². The Balaban J connectivity index is -0.0000000675. The van der Waals surface area contributed by atoms with Gasteiger partial charge in [0.1, 0.15) is 49.5 Å². The maximum atomic E-state index is 9.29. The van der Waals surface area contributed by atoms with E-state index in [1.165, 1.54) is 0 Å². The summed E-state index contributed by atoms with van der Waals surface area (Å²) in [6.07, 6.45) is 0. The quantitative estimate of drug-likeness (QED) is 0.212. The molecule has 23 heteroatoms. The van der Waals surface area contributed by atoms with Crippen LogP contribution in [0.2, 0.25) is 0 Å². The predicted molar refractivity (Wildman–Crippen MR) is 57.3 cm³/mol. The van der Waals surface area contributed by atoms with Gasteiger partial charge in [-0.05, 0) is 0 Å². The molecule has 0 aromatic heterocycles. The summed E-state index contributed by atoms with van der Waals surface area (Å²) in [5, 5.41) is 0. The largest absolute Gasteiger partial charge is 4.00 e. The summed E-state index contributed by atoms with van der Waals surface area (Å²) in [6.45, 7) is 0. The van der Waals surface area contributed by atoms with E-state index in [4.69, 9.17) is 0 Å². The Morgan fingerprint density at radius 3 is 0.522 bits per heavy atom. The maximum Gasteiger partial charge on any atom is 4.00 e. The van der Waals surface area contributed by atoms with Crippen molar-refractivity contribution in [1.29, 1.82) is 0 Å². The molecule has 0 aliphatic carbocycles. The van der Waals surface area contributed by atoms with Crippen molar-refractivity contribution in [3.63, 3.8) is 0 Å². The minimum atomic E-state index is -3.51. The van der Waals surface area contributed by atoms with Crippen molar-refractivity contribution < 1.29 is 113 Å². The first-order valence-corrected chi connectivity index (χ1v) is 11.0. The average molecular weight is 578 g/mol. The summed E-state index contributed by atoms with van der Waals surface area (Å²) >= 11 is 0. The van der Waals surface area contributed by atoms with E-state index < -0.39 is 49.5 Å². The molecule has 0 saturated heterocycles. The van der Waals surface area contributed by atoms with Gasteiger partial charge in [0.2, 0.25) is 0 Å². The number of rotatable bonds is 6. The minimum Gasteiger partial charge on any atom is -0.781 e. The van der Waals surface area contributed by atoms with Crippen molar-refractivity contribution in [2.24, 2.45) is 0 Å². The van der Waals surface area contributed by atoms with Crippen molar-refractivity contribution in [3.8, 4) is 0 Å². The first-order chi connectivity index (χ1) is 9.38. The third-order valence-corrected chi connectivity index (χ3v) is 4.50. The zero-order chi connectivity index (χ0) is 17.6. The van der Waals surface area contributed by atoms with Crippen LogP contribution in [0.1, 0.15) is 0 Å². The molecule has 0 aromatic rings. The van der Waals surface area contributed by atoms with E-state index in [1.54, 1.807) is 0 Å². The zero-order valence-electron chi connectivity index (χ0n) is 10.0. The molecule has 0 amide bonds. The number of hydrogen-bond donors (Lipinski definition) is 0. The van der Waals surface area contributed by atoms with Gasteiger partial charge in [0.15, 0.2) is 0 Å². The van der Waals surface area contributed by atoms with Crippen LogP contribution >= 0.6 is 49.5 Å². The van der Waals surface area contributed by atoms with E-state index in [2.05, 4.69) is 12.9 Å². The molecule has 0 fully saturated rings. The molecule has 0 rings (SSSR count). The van der Waals surface area contributed by atoms with Crippen molar-refractivity contribution in [1.82, 2.24) is 0 Å². The van der Waals surface area contributed by atoms with E-state index >= 15 is 0 Å². The average Bonchev–Trinajstić information content (AvgIpc) is 2.10. The first kappa shape index (κ1) is 36.4. The Morgan fingerprint density at radius 2 is 0.522 bits per heavy atom. The topological polar surface area (TPSA) is 268 Å². The molecule has 0 bridgehead atoms. The van der Waals surface area contributed by atoms with Gasteiger partial charge in [-0.1, -0.05) is 0 Å². The Labute approximate surface area is 162 Å². The summed E-state index contributed by atoms with van der Waals surface area (Å²) in [6, 6.07) is 0. The fourth-order valence-electron chi connectivity index (χ4n) is 0.204. The van der Waals surface area contributed by atoms with Gasteiger partial charge in [-0.15, -0.1) is 0 Å². The van der Waals surface area contributed by atoms with Gasteiger partial charge in [0.05, 0.1) is 0 Å². The maximum absolute atomic E-state index is 9.29. The van der Waals surface area contributed by atoms with E-state index in [1.807, 2.05) is 0 Å². The third kappa shape index (κ3) is 59.0. The molecule has 6 atom stereocenters. The Bertz CT molecular complexity index is 320. The summed E-state index contributed by atoms with van der Waals surface area (Å²) in [4.78, 5) is 55.7. The van der Waals surface area contributed by atoms with Gasteiger partial charge < -0.3 is 56.8 Å². The van der Waals surface area contributed by atoms with Crippen LogP contribution in [-0.2, 0) is 83.6 Å². The van der Waals surface area contributed by atoms with Crippen LogP contribution in [0.15, 0.2) is 0 Å². The molecule has 23 heavy (non-hydrogen) atoms. The summed E-state index contributed by atoms with van der Waals surface area (Å²) < 4.78 is 65.4. The van der Waals surface area contributed by atoms with Crippen LogP contribution in [-0.4, -0.2) is 0 Å². The van der Waals surface area contributed by atoms with Gasteiger partial charge >= 0.3 is 43.3 Å². The minimum absolute atomic E-state index is 0. The molecule has 0 aliphatic rings. The molecule has 137 valence electrons. The summed E-state index contributed by atoms with van der Waals surface area (Å²) in [7, 11) is -21.1. The molecule has 15 nitrogen and oxygen atoms in total. The molecule has 0 heterocycles. The van der Waals surface area contributed by atoms with E-state index in [-0.39, 0.29) is 43.3 Å². The second-order valence-electron chi connectivity index (χ2n) is 1.81. The van der Waals surface area contributed by atoms with Crippen molar-refractivity contribution >= 4 is 49.5 Å². The Hall–Kier alpha value is 2.42. The fraction of sp³-hybridized carbons (Fsp3) is 0. The molecule has 0 aromatic carbocycles. The molecule has 0 spiro atoms. The Kier molecular flexibility index (Phi) is 38.6. The molecular formula is H6MnO15P6Zr. The van der Waals surface area contributed by atoms with Crippen LogP contribution in [0, 0.1) is 0 Å². The third-order valence-electron chi connectivity index (χ3n) is 0.500. The van der Waals surface area contributed by atoms with Gasteiger partial charge in [-0.25, -0.2) is 0 Å². The molecule has 0 aliphatic heterocycles. The predicted octanol–water partition coefficient (Wildman–Crippen LogP) is -4.50. The molecule has 0 saturated carbocycles. The molecule has 1 radical (unpaired) electrons. The first-order valence-electron chi connectivity index (χ1n) is 3.67. The monoisotopic (exact) mass is 577 g/mol. The smallest absolute Gasteiger partial charge is 0.781 e. The molecule has 6 unspecified atom stereocenters. The second kappa shape index (κ2) is 24.4. The zero-order valence-corrected chi connectivity index (χ0v) is 19.6. The Morgan fingerprint density at radius 1 is 0.435 bits per heavy atom. The standard InChI is InChI=1S/Mn.3H4O5P2.Zr/c;3*1-6(2)5-7(3)4;/h;3*6-7H,(H,1,2)(H,3,4);/q+2;;;;+4/p-6. The fourth-order valence-corrected chi connectivity index (χ4v) is 1.84. The van der Waals surface area contributed by atoms with Crippen LogP contribution < -0.4 is 29.4 Å². The summed E-state index contributed by atoms with van der Waals surface area (Å²) in [5.41, 5.74) is 0. The van der Waals surface area contributed by atoms with E-state index in [0.717, 1.165) is 0 Å². The van der Waals surface area contributed by atoms with Crippen molar-refractivity contribution in [3.05, 3.63) is 0 Å². The second-order valence-corrected chi connectivity index (χ2v) is 7.26.